The van der Waals surface area contributed by atoms with Crippen LogP contribution in [0.25, 0.3) is 0 Å². The van der Waals surface area contributed by atoms with Crippen LogP contribution in [0.1, 0.15) is 18.1 Å². The van der Waals surface area contributed by atoms with Crippen LogP contribution in [-0.2, 0) is 9.59 Å². The van der Waals surface area contributed by atoms with E-state index in [9.17, 15) is 9.59 Å². The number of benzene rings is 1. The Balaban J connectivity index is 2.28. The second-order valence-electron chi connectivity index (χ2n) is 5.86. The second kappa shape index (κ2) is 9.15. The molecule has 6 nitrogen and oxygen atoms in total. The minimum atomic E-state index is -0.862. The molecule has 1 aromatic carbocycles. The van der Waals surface area contributed by atoms with Gasteiger partial charge in [0.1, 0.15) is 12.4 Å². The fraction of sp³-hybridized carbons (Fsp3) is 0.529. The number of carboxylic acids is 1. The summed E-state index contributed by atoms with van der Waals surface area (Å²) in [6.07, 6.45) is 0. The number of aryl methyl sites for hydroxylation is 2. The maximum Gasteiger partial charge on any atom is 0.307 e. The molecular weight excluding hydrogens is 296 g/mol. The first-order valence-corrected chi connectivity index (χ1v) is 7.68. The average Bonchev–Trinajstić information content (AvgIpc) is 2.45. The van der Waals surface area contributed by atoms with Crippen molar-refractivity contribution in [2.45, 2.75) is 20.8 Å². The maximum atomic E-state index is 11.8. The van der Waals surface area contributed by atoms with E-state index in [4.69, 9.17) is 9.84 Å². The third-order valence-corrected chi connectivity index (χ3v) is 3.50. The topological polar surface area (TPSA) is 78.9 Å². The van der Waals surface area contributed by atoms with Crippen LogP contribution >= 0.6 is 0 Å². The van der Waals surface area contributed by atoms with E-state index in [1.165, 1.54) is 0 Å². The Labute approximate surface area is 137 Å². The number of para-hydroxylation sites is 1. The number of carboxylic acid groups (broad SMARTS) is 1. The summed E-state index contributed by atoms with van der Waals surface area (Å²) >= 11 is 0. The molecule has 1 atom stereocenters. The highest BCUT2D eigenvalue weighted by molar-refractivity contribution is 5.78. The van der Waals surface area contributed by atoms with E-state index in [0.717, 1.165) is 16.9 Å². The third-order valence-electron chi connectivity index (χ3n) is 3.50. The lowest BCUT2D eigenvalue weighted by molar-refractivity contribution is -0.142. The van der Waals surface area contributed by atoms with Crippen molar-refractivity contribution in [3.05, 3.63) is 29.3 Å². The molecule has 0 bridgehead atoms. The zero-order chi connectivity index (χ0) is 17.4. The molecule has 1 aromatic rings. The van der Waals surface area contributed by atoms with E-state index in [-0.39, 0.29) is 12.5 Å². The van der Waals surface area contributed by atoms with Crippen LogP contribution in [0.15, 0.2) is 18.2 Å². The van der Waals surface area contributed by atoms with Crippen LogP contribution in [0.4, 0.5) is 0 Å². The first-order valence-electron chi connectivity index (χ1n) is 7.68. The molecule has 1 amide bonds. The van der Waals surface area contributed by atoms with Crippen LogP contribution in [0.3, 0.4) is 0 Å². The standard InChI is InChI=1S/C17H26N2O4/c1-12-6-5-7-13(2)16(12)23-9-8-18-15(20)11-19(4)10-14(3)17(21)22/h5-7,14H,8-11H2,1-4H3,(H,18,20)(H,21,22). The number of carbonyl (C=O) groups is 2. The number of ether oxygens (including phenoxy) is 1. The van der Waals surface area contributed by atoms with Gasteiger partial charge in [-0.2, -0.15) is 0 Å². The Morgan fingerprint density at radius 2 is 1.91 bits per heavy atom. The molecule has 128 valence electrons. The summed E-state index contributed by atoms with van der Waals surface area (Å²) in [6.45, 7) is 6.90. The van der Waals surface area contributed by atoms with Crippen molar-refractivity contribution in [3.8, 4) is 5.75 Å². The second-order valence-corrected chi connectivity index (χ2v) is 5.86. The average molecular weight is 322 g/mol. The fourth-order valence-corrected chi connectivity index (χ4v) is 2.28. The van der Waals surface area contributed by atoms with Crippen LogP contribution in [0.2, 0.25) is 0 Å². The predicted octanol–water partition coefficient (Wildman–Crippen LogP) is 1.45. The van der Waals surface area contributed by atoms with E-state index in [1.807, 2.05) is 32.0 Å². The monoisotopic (exact) mass is 322 g/mol. The minimum Gasteiger partial charge on any atom is -0.491 e. The Kier molecular flexibility index (Phi) is 7.54. The van der Waals surface area contributed by atoms with Crippen LogP contribution in [-0.4, -0.2) is 55.2 Å². The van der Waals surface area contributed by atoms with Gasteiger partial charge in [0.15, 0.2) is 0 Å². The molecule has 0 spiro atoms. The number of hydrogen-bond donors (Lipinski definition) is 2. The van der Waals surface area contributed by atoms with E-state index in [0.29, 0.717) is 19.7 Å². The van der Waals surface area contributed by atoms with Gasteiger partial charge in [0, 0.05) is 6.54 Å². The van der Waals surface area contributed by atoms with E-state index >= 15 is 0 Å². The van der Waals surface area contributed by atoms with Crippen LogP contribution in [0.5, 0.6) is 5.75 Å². The Morgan fingerprint density at radius 3 is 2.48 bits per heavy atom. The molecule has 1 unspecified atom stereocenters. The number of rotatable bonds is 9. The highest BCUT2D eigenvalue weighted by atomic mass is 16.5. The molecule has 0 heterocycles. The van der Waals surface area contributed by atoms with Gasteiger partial charge in [0.25, 0.3) is 0 Å². The van der Waals surface area contributed by atoms with Gasteiger partial charge in [-0.15, -0.1) is 0 Å². The molecule has 0 aromatic heterocycles. The molecular formula is C17H26N2O4. The van der Waals surface area contributed by atoms with E-state index in [2.05, 4.69) is 5.32 Å². The summed E-state index contributed by atoms with van der Waals surface area (Å²) < 4.78 is 5.71. The lowest BCUT2D eigenvalue weighted by Gasteiger charge is -2.18. The van der Waals surface area contributed by atoms with Crippen molar-refractivity contribution in [1.29, 1.82) is 0 Å². The zero-order valence-corrected chi connectivity index (χ0v) is 14.3. The highest BCUT2D eigenvalue weighted by Crippen LogP contribution is 2.21. The van der Waals surface area contributed by atoms with Gasteiger partial charge in [-0.1, -0.05) is 25.1 Å². The summed E-state index contributed by atoms with van der Waals surface area (Å²) in [7, 11) is 1.73. The Morgan fingerprint density at radius 1 is 1.30 bits per heavy atom. The van der Waals surface area contributed by atoms with E-state index < -0.39 is 11.9 Å². The van der Waals surface area contributed by atoms with Gasteiger partial charge in [-0.05, 0) is 32.0 Å². The molecule has 0 aliphatic heterocycles. The molecule has 0 aliphatic carbocycles. The van der Waals surface area contributed by atoms with Crippen molar-refractivity contribution >= 4 is 11.9 Å². The lowest BCUT2D eigenvalue weighted by Crippen LogP contribution is -2.39. The molecule has 0 saturated carbocycles. The SMILES string of the molecule is Cc1cccc(C)c1OCCNC(=O)CN(C)CC(C)C(=O)O. The quantitative estimate of drug-likeness (QED) is 0.673. The Bertz CT molecular complexity index is 525. The van der Waals surface area contributed by atoms with Crippen molar-refractivity contribution in [2.24, 2.45) is 5.92 Å². The lowest BCUT2D eigenvalue weighted by atomic mass is 10.1. The molecule has 0 fully saturated rings. The first-order chi connectivity index (χ1) is 10.8. The summed E-state index contributed by atoms with van der Waals surface area (Å²) in [5, 5.41) is 11.6. The van der Waals surface area contributed by atoms with Crippen molar-refractivity contribution in [3.63, 3.8) is 0 Å². The van der Waals surface area contributed by atoms with Gasteiger partial charge in [-0.3, -0.25) is 14.5 Å². The maximum absolute atomic E-state index is 11.8. The molecule has 23 heavy (non-hydrogen) atoms. The normalized spacial score (nSPS) is 12.0. The van der Waals surface area contributed by atoms with Crippen molar-refractivity contribution in [1.82, 2.24) is 10.2 Å². The number of likely N-dealkylation sites (N-methyl/N-ethyl adjacent to an activating group) is 1. The summed E-state index contributed by atoms with van der Waals surface area (Å²) in [5.41, 5.74) is 2.14. The number of nitrogens with zero attached hydrogens (tertiary/aromatic N) is 1. The number of amides is 1. The molecule has 6 heteroatoms. The first kappa shape index (κ1) is 19.0. The van der Waals surface area contributed by atoms with Crippen molar-refractivity contribution in [2.75, 3.05) is 33.3 Å². The number of hydrogen-bond acceptors (Lipinski definition) is 4. The molecule has 0 radical (unpaired) electrons. The number of aliphatic carboxylic acids is 1. The number of carbonyl (C=O) groups excluding carboxylic acids is 1. The molecule has 0 aliphatic rings. The zero-order valence-electron chi connectivity index (χ0n) is 14.3. The number of nitrogens with one attached hydrogen (secondary N) is 1. The largest absolute Gasteiger partial charge is 0.491 e. The molecule has 0 saturated heterocycles. The van der Waals surface area contributed by atoms with Crippen LogP contribution < -0.4 is 10.1 Å². The van der Waals surface area contributed by atoms with Crippen molar-refractivity contribution < 1.29 is 19.4 Å². The van der Waals surface area contributed by atoms with Crippen LogP contribution in [0, 0.1) is 19.8 Å². The molecule has 1 rings (SSSR count). The van der Waals surface area contributed by atoms with Gasteiger partial charge in [0.2, 0.25) is 5.91 Å². The van der Waals surface area contributed by atoms with Gasteiger partial charge >= 0.3 is 5.97 Å². The Hall–Kier alpha value is -2.08. The fourth-order valence-electron chi connectivity index (χ4n) is 2.28. The molecule has 2 N–H and O–H groups in total. The smallest absolute Gasteiger partial charge is 0.307 e. The summed E-state index contributed by atoms with van der Waals surface area (Å²) in [6, 6.07) is 5.95. The van der Waals surface area contributed by atoms with Gasteiger partial charge in [0.05, 0.1) is 19.0 Å². The summed E-state index contributed by atoms with van der Waals surface area (Å²) in [5.74, 6) is -0.649. The van der Waals surface area contributed by atoms with Gasteiger partial charge in [-0.25, -0.2) is 0 Å². The third kappa shape index (κ3) is 6.69. The highest BCUT2D eigenvalue weighted by Gasteiger charge is 2.15. The van der Waals surface area contributed by atoms with Gasteiger partial charge < -0.3 is 15.2 Å². The minimum absolute atomic E-state index is 0.143. The van der Waals surface area contributed by atoms with E-state index in [1.54, 1.807) is 18.9 Å². The predicted molar refractivity (Wildman–Crippen MR) is 88.7 cm³/mol. The summed E-state index contributed by atoms with van der Waals surface area (Å²) in [4.78, 5) is 24.3.